The molecule has 0 saturated heterocycles. The van der Waals surface area contributed by atoms with E-state index in [0.717, 1.165) is 127 Å². The molecule has 0 saturated carbocycles. The average Bonchev–Trinajstić information content (AvgIpc) is 0.908. The SMILES string of the molecule is CCCCCC/C=C\C=C/CCCCCCCC(=O)O[C@H](COC(=O)CCCCCCCCC(C)CC)COP(=O)(O)OC[C@H](O)COP(=O)(O)OC[C@@H](COC(=O)CCCCCCCCCCCCCCCCCC(C)C)OC(=O)CCCCCCCCCCCCCCCCCCCCC(C)CC. The molecule has 0 aromatic heterocycles. The third-order valence-corrected chi connectivity index (χ3v) is 22.1. The fraction of sp³-hybridized carbons (Fsp3) is 0.907. The summed E-state index contributed by atoms with van der Waals surface area (Å²) in [7, 11) is -9.94. The molecule has 4 unspecified atom stereocenters. The number of hydrogen-bond acceptors (Lipinski definition) is 15. The van der Waals surface area contributed by atoms with Gasteiger partial charge in [-0.05, 0) is 69.1 Å². The highest BCUT2D eigenvalue weighted by molar-refractivity contribution is 7.47. The molecule has 3 N–H and O–H groups in total. The molecule has 0 aromatic rings. The van der Waals surface area contributed by atoms with Crippen LogP contribution in [0.2, 0.25) is 0 Å². The van der Waals surface area contributed by atoms with Crippen LogP contribution in [0.5, 0.6) is 0 Å². The predicted octanol–water partition coefficient (Wildman–Crippen LogP) is 25.6. The van der Waals surface area contributed by atoms with Crippen LogP contribution in [-0.4, -0.2) is 96.7 Å². The number of phosphoric acid groups is 2. The second kappa shape index (κ2) is 75.6. The minimum atomic E-state index is -4.97. The summed E-state index contributed by atoms with van der Waals surface area (Å²) >= 11 is 0. The molecule has 0 radical (unpaired) electrons. The largest absolute Gasteiger partial charge is 0.472 e. The summed E-state index contributed by atoms with van der Waals surface area (Å²) in [4.78, 5) is 73.2. The van der Waals surface area contributed by atoms with E-state index in [4.69, 9.17) is 37.0 Å². The van der Waals surface area contributed by atoms with Gasteiger partial charge in [-0.2, -0.15) is 0 Å². The molecule has 0 aliphatic heterocycles. The van der Waals surface area contributed by atoms with Gasteiger partial charge in [0, 0.05) is 25.7 Å². The highest BCUT2D eigenvalue weighted by Crippen LogP contribution is 2.45. The van der Waals surface area contributed by atoms with Gasteiger partial charge in [0.15, 0.2) is 12.2 Å². The van der Waals surface area contributed by atoms with Crippen molar-refractivity contribution in [2.24, 2.45) is 17.8 Å². The molecule has 7 atom stereocenters. The van der Waals surface area contributed by atoms with Crippen LogP contribution in [0, 0.1) is 17.8 Å². The quantitative estimate of drug-likeness (QED) is 0.0169. The van der Waals surface area contributed by atoms with Crippen LogP contribution in [-0.2, 0) is 65.4 Å². The van der Waals surface area contributed by atoms with Gasteiger partial charge in [0.1, 0.15) is 19.3 Å². The number of hydrogen-bond donors (Lipinski definition) is 3. The third kappa shape index (κ3) is 76.7. The van der Waals surface area contributed by atoms with Gasteiger partial charge in [-0.25, -0.2) is 9.13 Å². The number of allylic oxidation sites excluding steroid dienone is 4. The summed E-state index contributed by atoms with van der Waals surface area (Å²) in [5, 5.41) is 10.7. The van der Waals surface area contributed by atoms with E-state index in [0.29, 0.717) is 25.7 Å². The van der Waals surface area contributed by atoms with Crippen molar-refractivity contribution in [1.82, 2.24) is 0 Å². The second-order valence-corrected chi connectivity index (χ2v) is 34.1. The summed E-state index contributed by atoms with van der Waals surface area (Å²) in [5.74, 6) is 0.265. The molecule has 0 aliphatic carbocycles. The van der Waals surface area contributed by atoms with Crippen LogP contribution < -0.4 is 0 Å². The Bertz CT molecular complexity index is 2130. The first kappa shape index (κ1) is 103. The van der Waals surface area contributed by atoms with Crippen molar-refractivity contribution in [1.29, 1.82) is 0 Å². The van der Waals surface area contributed by atoms with Crippen molar-refractivity contribution in [2.45, 2.75) is 446 Å². The smallest absolute Gasteiger partial charge is 0.462 e. The monoisotopic (exact) mass is 1530 g/mol. The number of aliphatic hydroxyl groups excluding tert-OH is 1. The van der Waals surface area contributed by atoms with Gasteiger partial charge >= 0.3 is 39.5 Å². The van der Waals surface area contributed by atoms with Crippen molar-refractivity contribution in [3.8, 4) is 0 Å². The second-order valence-electron chi connectivity index (χ2n) is 31.2. The van der Waals surface area contributed by atoms with Crippen LogP contribution in [0.25, 0.3) is 0 Å². The standard InChI is InChI=1S/C86H164O17P2/c1-8-11-12-13-14-15-16-17-23-31-36-41-46-55-62-70-86(91)103-82(74-97-84(89)68-61-54-49-48-52-59-66-79(7)10-3)76-101-105(94,95)99-72-80(87)71-98-104(92,93)100-75-81(73-96-83(88)67-60-53-45-40-35-30-27-22-24-28-33-38-43-50-57-64-77(4)5)102-85(90)69-63-56-47-42-37-32-26-21-19-18-20-25-29-34-39-44-51-58-65-78(6)9-2/h15-17,23,77-82,87H,8-14,18-22,24-76H2,1-7H3,(H,92,93)(H,94,95)/b16-15-,23-17-/t78?,79?,80-,81-,82-/m1/s1. The number of carbonyl (C=O) groups is 4. The van der Waals surface area contributed by atoms with Gasteiger partial charge in [-0.3, -0.25) is 37.3 Å². The zero-order valence-corrected chi connectivity index (χ0v) is 70.5. The summed E-state index contributed by atoms with van der Waals surface area (Å²) in [6.07, 6.45) is 68.9. The van der Waals surface area contributed by atoms with Crippen LogP contribution in [0.1, 0.15) is 427 Å². The molecular weight excluding hydrogens is 1370 g/mol. The van der Waals surface area contributed by atoms with Gasteiger partial charge in [0.25, 0.3) is 0 Å². The lowest BCUT2D eigenvalue weighted by Crippen LogP contribution is -2.30. The lowest BCUT2D eigenvalue weighted by Gasteiger charge is -2.21. The predicted molar refractivity (Wildman–Crippen MR) is 432 cm³/mol. The van der Waals surface area contributed by atoms with Crippen LogP contribution in [0.3, 0.4) is 0 Å². The minimum Gasteiger partial charge on any atom is -0.462 e. The summed E-state index contributed by atoms with van der Waals surface area (Å²) in [5.41, 5.74) is 0. The first-order chi connectivity index (χ1) is 50.8. The van der Waals surface area contributed by atoms with Gasteiger partial charge in [-0.15, -0.1) is 0 Å². The Morgan fingerprint density at radius 3 is 0.848 bits per heavy atom. The summed E-state index contributed by atoms with van der Waals surface area (Å²) in [6, 6.07) is 0. The molecule has 0 rings (SSSR count). The van der Waals surface area contributed by atoms with Crippen LogP contribution >= 0.6 is 15.6 Å². The molecule has 0 aliphatic rings. The molecule has 105 heavy (non-hydrogen) atoms. The van der Waals surface area contributed by atoms with E-state index >= 15 is 0 Å². The van der Waals surface area contributed by atoms with E-state index in [2.05, 4.69) is 72.8 Å². The fourth-order valence-corrected chi connectivity index (χ4v) is 14.3. The highest BCUT2D eigenvalue weighted by Gasteiger charge is 2.30. The van der Waals surface area contributed by atoms with Crippen LogP contribution in [0.4, 0.5) is 0 Å². The molecule has 0 bridgehead atoms. The van der Waals surface area contributed by atoms with Crippen molar-refractivity contribution < 1.29 is 80.2 Å². The van der Waals surface area contributed by atoms with Crippen molar-refractivity contribution in [2.75, 3.05) is 39.6 Å². The molecule has 19 heteroatoms. The molecule has 0 amide bonds. The molecular formula is C86H164O17P2. The Morgan fingerprint density at radius 1 is 0.314 bits per heavy atom. The van der Waals surface area contributed by atoms with E-state index in [1.54, 1.807) is 0 Å². The number of unbranched alkanes of at least 4 members (excludes halogenated alkanes) is 45. The normalized spacial score (nSPS) is 14.5. The average molecular weight is 1530 g/mol. The number of carbonyl (C=O) groups excluding carboxylic acids is 4. The highest BCUT2D eigenvalue weighted by atomic mass is 31.2. The maximum Gasteiger partial charge on any atom is 0.472 e. The Morgan fingerprint density at radius 2 is 0.562 bits per heavy atom. The Balaban J connectivity index is 5.26. The van der Waals surface area contributed by atoms with Crippen LogP contribution in [0.15, 0.2) is 24.3 Å². The first-order valence-electron chi connectivity index (χ1n) is 43.7. The third-order valence-electron chi connectivity index (χ3n) is 20.2. The summed E-state index contributed by atoms with van der Waals surface area (Å²) < 4.78 is 68.8. The Labute approximate surface area is 643 Å². The van der Waals surface area contributed by atoms with E-state index < -0.39 is 97.5 Å². The molecule has 17 nitrogen and oxygen atoms in total. The van der Waals surface area contributed by atoms with Gasteiger partial charge in [-0.1, -0.05) is 375 Å². The van der Waals surface area contributed by atoms with Crippen molar-refractivity contribution in [3.63, 3.8) is 0 Å². The number of rotatable bonds is 82. The minimum absolute atomic E-state index is 0.0842. The van der Waals surface area contributed by atoms with Gasteiger partial charge in [0.2, 0.25) is 0 Å². The number of ether oxygens (including phenoxy) is 4. The lowest BCUT2D eigenvalue weighted by atomic mass is 9.99. The number of aliphatic hydroxyl groups is 1. The van der Waals surface area contributed by atoms with E-state index in [1.807, 2.05) is 0 Å². The Kier molecular flexibility index (Phi) is 73.8. The maximum absolute atomic E-state index is 13.1. The molecule has 0 aromatic carbocycles. The number of phosphoric ester groups is 2. The van der Waals surface area contributed by atoms with Crippen molar-refractivity contribution in [3.05, 3.63) is 24.3 Å². The summed E-state index contributed by atoms with van der Waals surface area (Å²) in [6.45, 7) is 12.0. The zero-order valence-electron chi connectivity index (χ0n) is 68.7. The Hall–Kier alpha value is -2.46. The first-order valence-corrected chi connectivity index (χ1v) is 46.7. The molecule has 620 valence electrons. The lowest BCUT2D eigenvalue weighted by molar-refractivity contribution is -0.161. The van der Waals surface area contributed by atoms with E-state index in [9.17, 15) is 43.2 Å². The van der Waals surface area contributed by atoms with Crippen molar-refractivity contribution >= 4 is 39.5 Å². The number of esters is 4. The van der Waals surface area contributed by atoms with E-state index in [-0.39, 0.29) is 25.7 Å². The topological polar surface area (TPSA) is 237 Å². The maximum atomic E-state index is 13.1. The fourth-order valence-electron chi connectivity index (χ4n) is 12.8. The zero-order chi connectivity index (χ0) is 77.2. The molecule has 0 spiro atoms. The van der Waals surface area contributed by atoms with E-state index in [1.165, 1.54) is 218 Å². The van der Waals surface area contributed by atoms with Gasteiger partial charge in [0.05, 0.1) is 26.4 Å². The molecule has 0 fully saturated rings. The molecule has 0 heterocycles. The van der Waals surface area contributed by atoms with Gasteiger partial charge < -0.3 is 33.8 Å².